The number of nitrogens with one attached hydrogen (secondary N) is 1. The molecular formula is C13H9BrINO. The van der Waals surface area contributed by atoms with Gasteiger partial charge in [-0.15, -0.1) is 0 Å². The predicted molar refractivity (Wildman–Crippen MR) is 81.3 cm³/mol. The fraction of sp³-hybridized carbons (Fsp3) is 0. The Kier molecular flexibility index (Phi) is 4.17. The first kappa shape index (κ1) is 12.6. The topological polar surface area (TPSA) is 29.1 Å². The van der Waals surface area contributed by atoms with E-state index in [1.807, 2.05) is 48.5 Å². The van der Waals surface area contributed by atoms with E-state index in [0.29, 0.717) is 5.56 Å². The monoisotopic (exact) mass is 401 g/mol. The molecule has 0 spiro atoms. The van der Waals surface area contributed by atoms with Gasteiger partial charge in [0.2, 0.25) is 0 Å². The average molecular weight is 402 g/mol. The third-order valence-electron chi connectivity index (χ3n) is 2.21. The summed E-state index contributed by atoms with van der Waals surface area (Å²) in [6, 6.07) is 15.0. The van der Waals surface area contributed by atoms with Crippen molar-refractivity contribution < 1.29 is 4.79 Å². The van der Waals surface area contributed by atoms with E-state index < -0.39 is 0 Å². The van der Waals surface area contributed by atoms with Gasteiger partial charge in [-0.1, -0.05) is 34.1 Å². The van der Waals surface area contributed by atoms with Crippen molar-refractivity contribution in [2.45, 2.75) is 0 Å². The van der Waals surface area contributed by atoms with Gasteiger partial charge in [0.25, 0.3) is 5.91 Å². The summed E-state index contributed by atoms with van der Waals surface area (Å²) in [5.41, 5.74) is 1.48. The SMILES string of the molecule is O=C(Nc1ccccc1)c1ccc(Br)cc1I. The van der Waals surface area contributed by atoms with Crippen molar-refractivity contribution in [1.29, 1.82) is 0 Å². The first-order chi connectivity index (χ1) is 8.16. The van der Waals surface area contributed by atoms with Crippen molar-refractivity contribution in [3.05, 3.63) is 62.1 Å². The van der Waals surface area contributed by atoms with Gasteiger partial charge in [-0.05, 0) is 52.9 Å². The van der Waals surface area contributed by atoms with Gasteiger partial charge in [0.05, 0.1) is 5.56 Å². The number of hydrogen-bond acceptors (Lipinski definition) is 1. The molecule has 2 aromatic rings. The Labute approximate surface area is 122 Å². The smallest absolute Gasteiger partial charge is 0.256 e. The maximum Gasteiger partial charge on any atom is 0.256 e. The number of carbonyl (C=O) groups is 1. The van der Waals surface area contributed by atoms with Crippen LogP contribution in [0.1, 0.15) is 10.4 Å². The Bertz CT molecular complexity index is 542. The Morgan fingerprint density at radius 3 is 2.47 bits per heavy atom. The Balaban J connectivity index is 2.21. The lowest BCUT2D eigenvalue weighted by molar-refractivity contribution is 0.102. The van der Waals surface area contributed by atoms with Gasteiger partial charge < -0.3 is 5.32 Å². The van der Waals surface area contributed by atoms with Crippen LogP contribution < -0.4 is 5.32 Å². The molecule has 17 heavy (non-hydrogen) atoms. The van der Waals surface area contributed by atoms with E-state index in [1.165, 1.54) is 0 Å². The molecule has 0 saturated heterocycles. The highest BCUT2D eigenvalue weighted by Crippen LogP contribution is 2.19. The van der Waals surface area contributed by atoms with Gasteiger partial charge in [0.15, 0.2) is 0 Å². The molecule has 0 aliphatic carbocycles. The van der Waals surface area contributed by atoms with E-state index in [-0.39, 0.29) is 5.91 Å². The lowest BCUT2D eigenvalue weighted by atomic mass is 10.2. The molecule has 0 unspecified atom stereocenters. The molecule has 0 aromatic heterocycles. The normalized spacial score (nSPS) is 10.0. The Morgan fingerprint density at radius 2 is 1.82 bits per heavy atom. The molecule has 2 rings (SSSR count). The third kappa shape index (κ3) is 3.29. The van der Waals surface area contributed by atoms with E-state index in [2.05, 4.69) is 43.8 Å². The number of para-hydroxylation sites is 1. The number of hydrogen-bond donors (Lipinski definition) is 1. The average Bonchev–Trinajstić information content (AvgIpc) is 2.30. The van der Waals surface area contributed by atoms with Gasteiger partial charge in [-0.25, -0.2) is 0 Å². The van der Waals surface area contributed by atoms with Crippen molar-refractivity contribution in [3.63, 3.8) is 0 Å². The summed E-state index contributed by atoms with van der Waals surface area (Å²) in [5.74, 6) is -0.0897. The maximum atomic E-state index is 12.0. The van der Waals surface area contributed by atoms with Gasteiger partial charge in [-0.3, -0.25) is 4.79 Å². The van der Waals surface area contributed by atoms with Gasteiger partial charge in [0, 0.05) is 13.7 Å². The zero-order chi connectivity index (χ0) is 12.3. The largest absolute Gasteiger partial charge is 0.322 e. The second-order valence-electron chi connectivity index (χ2n) is 3.44. The van der Waals surface area contributed by atoms with E-state index in [1.54, 1.807) is 0 Å². The van der Waals surface area contributed by atoms with Gasteiger partial charge >= 0.3 is 0 Å². The Hall–Kier alpha value is -0.880. The lowest BCUT2D eigenvalue weighted by Gasteiger charge is -2.07. The third-order valence-corrected chi connectivity index (χ3v) is 3.59. The van der Waals surface area contributed by atoms with E-state index >= 15 is 0 Å². The molecule has 0 fully saturated rings. The van der Waals surface area contributed by atoms with Crippen molar-refractivity contribution in [2.75, 3.05) is 5.32 Å². The van der Waals surface area contributed by atoms with Crippen molar-refractivity contribution in [3.8, 4) is 0 Å². The molecule has 4 heteroatoms. The summed E-state index contributed by atoms with van der Waals surface area (Å²) >= 11 is 5.53. The summed E-state index contributed by atoms with van der Waals surface area (Å²) in [4.78, 5) is 12.0. The summed E-state index contributed by atoms with van der Waals surface area (Å²) in [7, 11) is 0. The maximum absolute atomic E-state index is 12.0. The molecule has 0 heterocycles. The van der Waals surface area contributed by atoms with Crippen LogP contribution in [0.5, 0.6) is 0 Å². The minimum absolute atomic E-state index is 0.0897. The second-order valence-corrected chi connectivity index (χ2v) is 5.52. The highest BCUT2D eigenvalue weighted by Gasteiger charge is 2.09. The predicted octanol–water partition coefficient (Wildman–Crippen LogP) is 4.31. The van der Waals surface area contributed by atoms with Gasteiger partial charge in [0.1, 0.15) is 0 Å². The molecular weight excluding hydrogens is 393 g/mol. The van der Waals surface area contributed by atoms with Crippen LogP contribution in [0.3, 0.4) is 0 Å². The van der Waals surface area contributed by atoms with Crippen LogP contribution in [-0.4, -0.2) is 5.91 Å². The summed E-state index contributed by atoms with van der Waals surface area (Å²) in [6.45, 7) is 0. The van der Waals surface area contributed by atoms with Crippen molar-refractivity contribution in [1.82, 2.24) is 0 Å². The lowest BCUT2D eigenvalue weighted by Crippen LogP contribution is -2.13. The second kappa shape index (κ2) is 5.64. The summed E-state index contributed by atoms with van der Waals surface area (Å²) in [6.07, 6.45) is 0. The van der Waals surface area contributed by atoms with Crippen molar-refractivity contribution >= 4 is 50.1 Å². The Morgan fingerprint density at radius 1 is 1.12 bits per heavy atom. The standard InChI is InChI=1S/C13H9BrINO/c14-9-6-7-11(12(15)8-9)13(17)16-10-4-2-1-3-5-10/h1-8H,(H,16,17). The molecule has 0 aliphatic rings. The van der Waals surface area contributed by atoms with Crippen LogP contribution in [0, 0.1) is 3.57 Å². The van der Waals surface area contributed by atoms with Crippen LogP contribution in [-0.2, 0) is 0 Å². The van der Waals surface area contributed by atoms with Gasteiger partial charge in [-0.2, -0.15) is 0 Å². The number of benzene rings is 2. The molecule has 0 atom stereocenters. The van der Waals surface area contributed by atoms with E-state index in [4.69, 9.17) is 0 Å². The van der Waals surface area contributed by atoms with Crippen LogP contribution in [0.15, 0.2) is 53.0 Å². The molecule has 0 radical (unpaired) electrons. The molecule has 0 aliphatic heterocycles. The summed E-state index contributed by atoms with van der Waals surface area (Å²) in [5, 5.41) is 2.86. The first-order valence-electron chi connectivity index (χ1n) is 4.98. The highest BCUT2D eigenvalue weighted by atomic mass is 127. The number of amides is 1. The zero-order valence-corrected chi connectivity index (χ0v) is 12.5. The minimum Gasteiger partial charge on any atom is -0.322 e. The first-order valence-corrected chi connectivity index (χ1v) is 6.85. The van der Waals surface area contributed by atoms with Crippen LogP contribution in [0.2, 0.25) is 0 Å². The number of halogens is 2. The molecule has 2 nitrogen and oxygen atoms in total. The summed E-state index contributed by atoms with van der Waals surface area (Å²) < 4.78 is 1.89. The fourth-order valence-electron chi connectivity index (χ4n) is 1.39. The van der Waals surface area contributed by atoms with Crippen LogP contribution in [0.4, 0.5) is 5.69 Å². The fourth-order valence-corrected chi connectivity index (χ4v) is 2.94. The molecule has 1 amide bonds. The highest BCUT2D eigenvalue weighted by molar-refractivity contribution is 14.1. The number of rotatable bonds is 2. The van der Waals surface area contributed by atoms with E-state index in [9.17, 15) is 4.79 Å². The number of anilines is 1. The quantitative estimate of drug-likeness (QED) is 0.746. The minimum atomic E-state index is -0.0897. The van der Waals surface area contributed by atoms with Crippen molar-refractivity contribution in [2.24, 2.45) is 0 Å². The molecule has 0 saturated carbocycles. The molecule has 86 valence electrons. The van der Waals surface area contributed by atoms with E-state index in [0.717, 1.165) is 13.7 Å². The molecule has 1 N–H and O–H groups in total. The number of carbonyl (C=O) groups excluding carboxylic acids is 1. The van der Waals surface area contributed by atoms with Crippen LogP contribution >= 0.6 is 38.5 Å². The zero-order valence-electron chi connectivity index (χ0n) is 8.78. The molecule has 0 bridgehead atoms. The van der Waals surface area contributed by atoms with Crippen LogP contribution in [0.25, 0.3) is 0 Å². The molecule has 2 aromatic carbocycles.